The number of nitrogens with zero attached hydrogens (tertiary/aromatic N) is 2. The molecule has 2 aromatic rings. The Bertz CT molecular complexity index is 870. The largest absolute Gasteiger partial charge is 0.497 e. The summed E-state index contributed by atoms with van der Waals surface area (Å²) in [6, 6.07) is 10.2. The highest BCUT2D eigenvalue weighted by molar-refractivity contribution is 7.89. The number of nitrogens with one attached hydrogen (secondary N) is 1. The number of sulfonamides is 1. The molecule has 0 aliphatic carbocycles. The molecule has 0 aliphatic heterocycles. The molecule has 0 fully saturated rings. The Morgan fingerprint density at radius 3 is 2.32 bits per heavy atom. The normalized spacial score (nSPS) is 12.8. The van der Waals surface area contributed by atoms with E-state index in [4.69, 9.17) is 9.57 Å². The highest BCUT2D eigenvalue weighted by atomic mass is 32.2. The van der Waals surface area contributed by atoms with Gasteiger partial charge >= 0.3 is 0 Å². The zero-order valence-electron chi connectivity index (χ0n) is 16.3. The summed E-state index contributed by atoms with van der Waals surface area (Å²) in [4.78, 5) is 21.6. The number of carbonyl (C=O) groups is 1. The third kappa shape index (κ3) is 5.06. The van der Waals surface area contributed by atoms with E-state index in [2.05, 4.69) is 10.5 Å². The molecule has 0 spiro atoms. The van der Waals surface area contributed by atoms with E-state index >= 15 is 0 Å². The van der Waals surface area contributed by atoms with Crippen LogP contribution in [0.2, 0.25) is 0 Å². The summed E-state index contributed by atoms with van der Waals surface area (Å²) in [7, 11) is -1.21. The molecule has 0 bridgehead atoms. The van der Waals surface area contributed by atoms with Crippen molar-refractivity contribution in [2.75, 3.05) is 14.2 Å². The average molecular weight is 407 g/mol. The second-order valence-electron chi connectivity index (χ2n) is 6.41. The number of methoxy groups -OCH3 is 1. The van der Waals surface area contributed by atoms with Crippen molar-refractivity contribution in [3.63, 3.8) is 0 Å². The van der Waals surface area contributed by atoms with Crippen LogP contribution in [0.4, 0.5) is 0 Å². The highest BCUT2D eigenvalue weighted by Crippen LogP contribution is 2.26. The Kier molecular flexibility index (Phi) is 7.50. The van der Waals surface area contributed by atoms with Gasteiger partial charge in [0.05, 0.1) is 31.4 Å². The summed E-state index contributed by atoms with van der Waals surface area (Å²) >= 11 is 0. The standard InChI is InChI=1S/C19H25N3O5S/c1-14(2)18(19(23)21-27-4)22(13-15-7-5-6-12-20-15)28(24,25)17-10-8-16(26-3)9-11-17/h5-12,14,18H,13H2,1-4H3,(H,21,23)/t18-/m1/s1. The van der Waals surface area contributed by atoms with Gasteiger partial charge in [0.2, 0.25) is 10.0 Å². The zero-order chi connectivity index (χ0) is 20.7. The Hall–Kier alpha value is -2.49. The van der Waals surface area contributed by atoms with Crippen molar-refractivity contribution in [2.45, 2.75) is 31.3 Å². The lowest BCUT2D eigenvalue weighted by Gasteiger charge is -2.32. The molecule has 152 valence electrons. The average Bonchev–Trinajstić information content (AvgIpc) is 2.68. The van der Waals surface area contributed by atoms with E-state index in [1.807, 2.05) is 0 Å². The number of hydroxylamine groups is 1. The minimum atomic E-state index is -4.01. The van der Waals surface area contributed by atoms with Crippen molar-refractivity contribution in [3.05, 3.63) is 54.4 Å². The second kappa shape index (κ2) is 9.63. The van der Waals surface area contributed by atoms with Gasteiger partial charge in [-0.2, -0.15) is 4.31 Å². The SMILES string of the molecule is CONC(=O)[C@@H](C(C)C)N(Cc1ccccn1)S(=O)(=O)c1ccc(OC)cc1. The maximum Gasteiger partial charge on any atom is 0.262 e. The molecule has 1 N–H and O–H groups in total. The summed E-state index contributed by atoms with van der Waals surface area (Å²) in [6.07, 6.45) is 1.58. The Labute approximate surface area is 165 Å². The lowest BCUT2D eigenvalue weighted by molar-refractivity contribution is -0.136. The molecule has 1 atom stereocenters. The zero-order valence-corrected chi connectivity index (χ0v) is 17.1. The molecule has 8 nitrogen and oxygen atoms in total. The van der Waals surface area contributed by atoms with E-state index < -0.39 is 22.0 Å². The summed E-state index contributed by atoms with van der Waals surface area (Å²) in [5, 5.41) is 0. The minimum Gasteiger partial charge on any atom is -0.497 e. The maximum absolute atomic E-state index is 13.4. The first kappa shape index (κ1) is 21.8. The molecular formula is C19H25N3O5S. The van der Waals surface area contributed by atoms with Crippen LogP contribution in [0.25, 0.3) is 0 Å². The molecule has 1 amide bonds. The monoisotopic (exact) mass is 407 g/mol. The molecule has 1 heterocycles. The fraction of sp³-hybridized carbons (Fsp3) is 0.368. The second-order valence-corrected chi connectivity index (χ2v) is 8.30. The fourth-order valence-electron chi connectivity index (χ4n) is 2.79. The molecule has 1 aromatic heterocycles. The molecule has 0 saturated carbocycles. The van der Waals surface area contributed by atoms with Gasteiger partial charge in [-0.25, -0.2) is 13.9 Å². The molecule has 0 radical (unpaired) electrons. The third-order valence-electron chi connectivity index (χ3n) is 4.12. The molecule has 0 aliphatic rings. The van der Waals surface area contributed by atoms with Gasteiger partial charge in [0.25, 0.3) is 5.91 Å². The van der Waals surface area contributed by atoms with Gasteiger partial charge in [0.15, 0.2) is 0 Å². The van der Waals surface area contributed by atoms with Crippen molar-refractivity contribution >= 4 is 15.9 Å². The smallest absolute Gasteiger partial charge is 0.262 e. The van der Waals surface area contributed by atoms with Gasteiger partial charge in [-0.1, -0.05) is 19.9 Å². The van der Waals surface area contributed by atoms with Crippen LogP contribution in [-0.2, 0) is 26.2 Å². The number of hydrogen-bond donors (Lipinski definition) is 1. The molecule has 28 heavy (non-hydrogen) atoms. The van der Waals surface area contributed by atoms with Crippen LogP contribution in [-0.4, -0.2) is 43.9 Å². The molecule has 0 unspecified atom stereocenters. The van der Waals surface area contributed by atoms with Crippen molar-refractivity contribution < 1.29 is 22.8 Å². The first-order valence-electron chi connectivity index (χ1n) is 8.70. The molecule has 0 saturated heterocycles. The van der Waals surface area contributed by atoms with Gasteiger partial charge in [-0.05, 0) is 42.3 Å². The van der Waals surface area contributed by atoms with E-state index in [-0.39, 0.29) is 17.4 Å². The molecule has 1 aromatic carbocycles. The Morgan fingerprint density at radius 2 is 1.82 bits per heavy atom. The van der Waals surface area contributed by atoms with Crippen LogP contribution in [0.3, 0.4) is 0 Å². The first-order chi connectivity index (χ1) is 13.3. The lowest BCUT2D eigenvalue weighted by Crippen LogP contribution is -2.51. The molecule has 9 heteroatoms. The molecule has 2 rings (SSSR count). The van der Waals surface area contributed by atoms with Crippen LogP contribution in [0.1, 0.15) is 19.5 Å². The Balaban J connectivity index is 2.52. The number of pyridine rings is 1. The number of ether oxygens (including phenoxy) is 1. The quantitative estimate of drug-likeness (QED) is 0.639. The van der Waals surface area contributed by atoms with Crippen molar-refractivity contribution in [2.24, 2.45) is 5.92 Å². The van der Waals surface area contributed by atoms with E-state index in [9.17, 15) is 13.2 Å². The van der Waals surface area contributed by atoms with Crippen molar-refractivity contribution in [1.82, 2.24) is 14.8 Å². The predicted octanol–water partition coefficient (Wildman–Crippen LogP) is 1.98. The van der Waals surface area contributed by atoms with Crippen LogP contribution < -0.4 is 10.2 Å². The minimum absolute atomic E-state index is 0.0556. The Morgan fingerprint density at radius 1 is 1.14 bits per heavy atom. The van der Waals surface area contributed by atoms with Gasteiger partial charge in [-0.3, -0.25) is 14.6 Å². The van der Waals surface area contributed by atoms with Crippen LogP contribution in [0.15, 0.2) is 53.6 Å². The summed E-state index contributed by atoms with van der Waals surface area (Å²) < 4.78 is 33.1. The number of carbonyl (C=O) groups excluding carboxylic acids is 1. The predicted molar refractivity (Wildman–Crippen MR) is 104 cm³/mol. The number of aromatic nitrogens is 1. The van der Waals surface area contributed by atoms with Gasteiger partial charge in [-0.15, -0.1) is 0 Å². The van der Waals surface area contributed by atoms with Gasteiger partial charge in [0, 0.05) is 6.20 Å². The van der Waals surface area contributed by atoms with Crippen molar-refractivity contribution in [3.8, 4) is 5.75 Å². The van der Waals surface area contributed by atoms with Gasteiger partial charge in [0.1, 0.15) is 11.8 Å². The first-order valence-corrected chi connectivity index (χ1v) is 10.1. The number of rotatable bonds is 9. The fourth-order valence-corrected chi connectivity index (χ4v) is 4.49. The van der Waals surface area contributed by atoms with E-state index in [1.54, 1.807) is 50.4 Å². The topological polar surface area (TPSA) is 97.8 Å². The molecular weight excluding hydrogens is 382 g/mol. The summed E-state index contributed by atoms with van der Waals surface area (Å²) in [6.45, 7) is 3.49. The summed E-state index contributed by atoms with van der Waals surface area (Å²) in [5.41, 5.74) is 2.77. The number of hydrogen-bond acceptors (Lipinski definition) is 6. The lowest BCUT2D eigenvalue weighted by atomic mass is 10.0. The van der Waals surface area contributed by atoms with Gasteiger partial charge < -0.3 is 4.74 Å². The van der Waals surface area contributed by atoms with Crippen LogP contribution >= 0.6 is 0 Å². The van der Waals surface area contributed by atoms with Crippen LogP contribution in [0, 0.1) is 5.92 Å². The third-order valence-corrected chi connectivity index (χ3v) is 5.96. The summed E-state index contributed by atoms with van der Waals surface area (Å²) in [5.74, 6) is -0.329. The maximum atomic E-state index is 13.4. The highest BCUT2D eigenvalue weighted by Gasteiger charge is 2.38. The van der Waals surface area contributed by atoms with E-state index in [0.717, 1.165) is 4.31 Å². The van der Waals surface area contributed by atoms with Crippen molar-refractivity contribution in [1.29, 1.82) is 0 Å². The van der Waals surface area contributed by atoms with Crippen LogP contribution in [0.5, 0.6) is 5.75 Å². The van der Waals surface area contributed by atoms with E-state index in [1.165, 1.54) is 26.4 Å². The number of benzene rings is 1. The number of amides is 1. The van der Waals surface area contributed by atoms with E-state index in [0.29, 0.717) is 11.4 Å².